The number of hydrogen-bond acceptors (Lipinski definition) is 5. The average molecular weight is 423 g/mol. The van der Waals surface area contributed by atoms with Crippen LogP contribution in [0.15, 0.2) is 35.8 Å². The second-order valence-corrected chi connectivity index (χ2v) is 8.92. The normalized spacial score (nSPS) is 25.9. The number of carboxylic acids is 1. The first kappa shape index (κ1) is 23.8. The highest BCUT2D eigenvalue weighted by molar-refractivity contribution is 7.10. The van der Waals surface area contributed by atoms with E-state index in [9.17, 15) is 15.0 Å². The van der Waals surface area contributed by atoms with Crippen LogP contribution >= 0.6 is 11.3 Å². The summed E-state index contributed by atoms with van der Waals surface area (Å²) in [6, 6.07) is 2.16. The molecule has 6 heteroatoms. The Morgan fingerprint density at radius 3 is 2.79 bits per heavy atom. The zero-order chi connectivity index (χ0) is 21.2. The van der Waals surface area contributed by atoms with Crippen molar-refractivity contribution in [3.63, 3.8) is 0 Å². The third-order valence-electron chi connectivity index (χ3n) is 5.77. The lowest BCUT2D eigenvalue weighted by atomic mass is 9.89. The van der Waals surface area contributed by atoms with E-state index < -0.39 is 18.2 Å². The lowest BCUT2D eigenvalue weighted by Gasteiger charge is -2.20. The largest absolute Gasteiger partial charge is 0.481 e. The third kappa shape index (κ3) is 7.70. The van der Waals surface area contributed by atoms with Gasteiger partial charge < -0.3 is 20.1 Å². The second kappa shape index (κ2) is 12.3. The highest BCUT2D eigenvalue weighted by Gasteiger charge is 2.39. The fourth-order valence-corrected chi connectivity index (χ4v) is 4.72. The third-order valence-corrected chi connectivity index (χ3v) is 6.66. The summed E-state index contributed by atoms with van der Waals surface area (Å²) in [5, 5.41) is 31.5. The van der Waals surface area contributed by atoms with Crippen molar-refractivity contribution in [1.82, 2.24) is 0 Å². The minimum absolute atomic E-state index is 0.0218. The van der Waals surface area contributed by atoms with Crippen LogP contribution in [-0.2, 0) is 16.0 Å². The van der Waals surface area contributed by atoms with Crippen LogP contribution in [0.2, 0.25) is 0 Å². The molecule has 1 aliphatic carbocycles. The summed E-state index contributed by atoms with van der Waals surface area (Å²) in [5.74, 6) is -0.914. The predicted octanol–water partition coefficient (Wildman–Crippen LogP) is 4.12. The van der Waals surface area contributed by atoms with Crippen LogP contribution in [0.3, 0.4) is 0 Å². The van der Waals surface area contributed by atoms with E-state index in [2.05, 4.69) is 18.4 Å². The molecule has 1 heterocycles. The van der Waals surface area contributed by atoms with Crippen molar-refractivity contribution >= 4 is 17.3 Å². The maximum Gasteiger partial charge on any atom is 0.303 e. The summed E-state index contributed by atoms with van der Waals surface area (Å²) < 4.78 is 5.60. The number of ether oxygens (including phenoxy) is 1. The first-order chi connectivity index (χ1) is 13.9. The molecule has 2 rings (SSSR count). The molecule has 0 radical (unpaired) electrons. The van der Waals surface area contributed by atoms with Crippen molar-refractivity contribution in [2.75, 3.05) is 7.11 Å². The molecule has 0 bridgehead atoms. The average Bonchev–Trinajstić information content (AvgIpc) is 3.20. The lowest BCUT2D eigenvalue weighted by Crippen LogP contribution is -2.20. The molecule has 0 unspecified atom stereocenters. The van der Waals surface area contributed by atoms with Gasteiger partial charge in [0.05, 0.1) is 18.3 Å². The molecule has 3 N–H and O–H groups in total. The number of hydrogen-bond donors (Lipinski definition) is 3. The van der Waals surface area contributed by atoms with Gasteiger partial charge in [-0.05, 0) is 62.0 Å². The summed E-state index contributed by atoms with van der Waals surface area (Å²) in [5.41, 5.74) is 1.35. The highest BCUT2D eigenvalue weighted by atomic mass is 32.1. The maximum atomic E-state index is 10.5. The Bertz CT molecular complexity index is 681. The van der Waals surface area contributed by atoms with Gasteiger partial charge in [-0.2, -0.15) is 0 Å². The zero-order valence-corrected chi connectivity index (χ0v) is 18.2. The molecule has 1 aromatic rings. The van der Waals surface area contributed by atoms with Gasteiger partial charge in [-0.15, -0.1) is 11.3 Å². The smallest absolute Gasteiger partial charge is 0.303 e. The van der Waals surface area contributed by atoms with Crippen molar-refractivity contribution in [2.45, 2.75) is 70.2 Å². The van der Waals surface area contributed by atoms with E-state index in [1.165, 1.54) is 10.4 Å². The summed E-state index contributed by atoms with van der Waals surface area (Å²) in [7, 11) is 1.70. The van der Waals surface area contributed by atoms with Crippen molar-refractivity contribution in [3.8, 4) is 0 Å². The molecule has 0 aliphatic heterocycles. The molecule has 29 heavy (non-hydrogen) atoms. The molecule has 0 spiro atoms. The summed E-state index contributed by atoms with van der Waals surface area (Å²) >= 11 is 1.76. The molecule has 0 amide bonds. The van der Waals surface area contributed by atoms with Gasteiger partial charge in [0.25, 0.3) is 0 Å². The molecule has 1 saturated carbocycles. The van der Waals surface area contributed by atoms with Gasteiger partial charge in [0.15, 0.2) is 0 Å². The van der Waals surface area contributed by atoms with E-state index in [1.54, 1.807) is 18.4 Å². The summed E-state index contributed by atoms with van der Waals surface area (Å²) in [6.07, 6.45) is 11.3. The van der Waals surface area contributed by atoms with E-state index in [-0.39, 0.29) is 24.4 Å². The van der Waals surface area contributed by atoms with Gasteiger partial charge in [0.2, 0.25) is 0 Å². The molecule has 0 saturated heterocycles. The maximum absolute atomic E-state index is 10.5. The van der Waals surface area contributed by atoms with Crippen LogP contribution in [0.25, 0.3) is 0 Å². The van der Waals surface area contributed by atoms with Crippen LogP contribution in [-0.4, -0.2) is 46.7 Å². The monoisotopic (exact) mass is 422 g/mol. The molecule has 1 fully saturated rings. The van der Waals surface area contributed by atoms with E-state index in [0.29, 0.717) is 25.7 Å². The molecular formula is C23H34O5S. The first-order valence-electron chi connectivity index (χ1n) is 10.4. The van der Waals surface area contributed by atoms with Crippen molar-refractivity contribution in [2.24, 2.45) is 11.8 Å². The Morgan fingerprint density at radius 1 is 1.34 bits per heavy atom. The SMILES string of the molecule is CO[C@H](/C=C/[C@@H]1[C@@H](C/C=C\CCCC(=O)O)[C@@H](O)C[C@H]1O)CCc1ccsc1C. The molecule has 1 aromatic heterocycles. The Morgan fingerprint density at radius 2 is 2.14 bits per heavy atom. The summed E-state index contributed by atoms with van der Waals surface area (Å²) in [6.45, 7) is 2.13. The molecule has 0 aromatic carbocycles. The van der Waals surface area contributed by atoms with E-state index >= 15 is 0 Å². The number of aryl methyl sites for hydroxylation is 2. The Labute approximate surface area is 177 Å². The molecular weight excluding hydrogens is 388 g/mol. The number of carboxylic acid groups (broad SMARTS) is 1. The van der Waals surface area contributed by atoms with Crippen molar-refractivity contribution in [1.29, 1.82) is 0 Å². The van der Waals surface area contributed by atoms with Gasteiger partial charge in [0, 0.05) is 30.7 Å². The number of rotatable bonds is 12. The predicted molar refractivity (Wildman–Crippen MR) is 116 cm³/mol. The number of carbonyl (C=O) groups is 1. The Balaban J connectivity index is 1.88. The highest BCUT2D eigenvalue weighted by Crippen LogP contribution is 2.36. The number of unbranched alkanes of at least 4 members (excludes halogenated alkanes) is 1. The van der Waals surface area contributed by atoms with Crippen LogP contribution in [0.5, 0.6) is 0 Å². The number of aliphatic hydroxyl groups excluding tert-OH is 2. The van der Waals surface area contributed by atoms with Gasteiger partial charge in [-0.3, -0.25) is 4.79 Å². The standard InChI is InChI=1S/C23H34O5S/c1-16-17(13-14-29-16)9-10-18(28-2)11-12-20-19(21(24)15-22(20)25)7-5-3-4-6-8-23(26)27/h3,5,11-14,18-22,24-25H,4,6-10,15H2,1-2H3,(H,26,27)/b5-3-,12-11+/t18-,19+,20+,21-,22+/m0/s1. The molecule has 5 atom stereocenters. The topological polar surface area (TPSA) is 87.0 Å². The lowest BCUT2D eigenvalue weighted by molar-refractivity contribution is -0.137. The van der Waals surface area contributed by atoms with E-state index in [4.69, 9.17) is 9.84 Å². The van der Waals surface area contributed by atoms with E-state index in [0.717, 1.165) is 12.8 Å². The van der Waals surface area contributed by atoms with Gasteiger partial charge in [0.1, 0.15) is 0 Å². The quantitative estimate of drug-likeness (QED) is 0.348. The fraction of sp³-hybridized carbons (Fsp3) is 0.609. The Kier molecular flexibility index (Phi) is 10.1. The number of thiophene rings is 1. The van der Waals surface area contributed by atoms with Crippen LogP contribution < -0.4 is 0 Å². The zero-order valence-electron chi connectivity index (χ0n) is 17.4. The van der Waals surface area contributed by atoms with Crippen LogP contribution in [0.1, 0.15) is 49.0 Å². The second-order valence-electron chi connectivity index (χ2n) is 7.80. The van der Waals surface area contributed by atoms with Crippen molar-refractivity contribution < 1.29 is 24.9 Å². The van der Waals surface area contributed by atoms with Crippen LogP contribution in [0.4, 0.5) is 0 Å². The minimum atomic E-state index is -0.778. The van der Waals surface area contributed by atoms with Crippen molar-refractivity contribution in [3.05, 3.63) is 46.2 Å². The van der Waals surface area contributed by atoms with Gasteiger partial charge in [-0.25, -0.2) is 0 Å². The first-order valence-corrected chi connectivity index (χ1v) is 11.3. The van der Waals surface area contributed by atoms with E-state index in [1.807, 2.05) is 24.3 Å². The van der Waals surface area contributed by atoms with Crippen LogP contribution in [0, 0.1) is 18.8 Å². The van der Waals surface area contributed by atoms with Gasteiger partial charge in [-0.1, -0.05) is 24.3 Å². The molecule has 5 nitrogen and oxygen atoms in total. The Hall–Kier alpha value is -1.47. The number of aliphatic carboxylic acids is 1. The minimum Gasteiger partial charge on any atom is -0.481 e. The number of methoxy groups -OCH3 is 1. The molecule has 162 valence electrons. The fourth-order valence-electron chi connectivity index (χ4n) is 3.96. The molecule has 1 aliphatic rings. The van der Waals surface area contributed by atoms with Gasteiger partial charge >= 0.3 is 5.97 Å². The summed E-state index contributed by atoms with van der Waals surface area (Å²) in [4.78, 5) is 11.9. The number of allylic oxidation sites excluding steroid dienone is 2. The number of aliphatic hydroxyl groups is 2.